The topological polar surface area (TPSA) is 41.6 Å². The minimum atomic E-state index is -0.237. The van der Waals surface area contributed by atoms with Gasteiger partial charge in [-0.2, -0.15) is 0 Å². The van der Waals surface area contributed by atoms with E-state index in [2.05, 4.69) is 31.0 Å². The van der Waals surface area contributed by atoms with Gasteiger partial charge in [-0.15, -0.1) is 0 Å². The van der Waals surface area contributed by atoms with Gasteiger partial charge in [-0.3, -0.25) is 4.79 Å². The van der Waals surface area contributed by atoms with E-state index >= 15 is 0 Å². The molecular formula is C13H28N2O2. The Morgan fingerprint density at radius 2 is 1.82 bits per heavy atom. The maximum atomic E-state index is 11.7. The molecule has 102 valence electrons. The summed E-state index contributed by atoms with van der Waals surface area (Å²) in [7, 11) is 1.44. The van der Waals surface area contributed by atoms with Gasteiger partial charge in [-0.1, -0.05) is 34.6 Å². The second kappa shape index (κ2) is 8.48. The molecule has 4 nitrogen and oxygen atoms in total. The van der Waals surface area contributed by atoms with E-state index in [-0.39, 0.29) is 18.1 Å². The lowest BCUT2D eigenvalue weighted by Crippen LogP contribution is -2.49. The molecule has 0 aliphatic rings. The molecular weight excluding hydrogens is 216 g/mol. The number of ether oxygens (including phenoxy) is 1. The van der Waals surface area contributed by atoms with Crippen LogP contribution in [0.4, 0.5) is 0 Å². The van der Waals surface area contributed by atoms with Crippen LogP contribution in [0.2, 0.25) is 0 Å². The Bertz CT molecular complexity index is 217. The molecule has 0 fully saturated rings. The molecule has 0 radical (unpaired) electrons. The zero-order valence-corrected chi connectivity index (χ0v) is 12.1. The minimum Gasteiger partial charge on any atom is -0.468 e. The third-order valence-corrected chi connectivity index (χ3v) is 2.53. The van der Waals surface area contributed by atoms with Gasteiger partial charge in [0.1, 0.15) is 6.04 Å². The van der Waals surface area contributed by atoms with Crippen molar-refractivity contribution < 1.29 is 9.53 Å². The number of esters is 1. The number of nitrogens with zero attached hydrogens (tertiary/aromatic N) is 1. The Morgan fingerprint density at radius 1 is 1.24 bits per heavy atom. The van der Waals surface area contributed by atoms with Gasteiger partial charge in [0, 0.05) is 19.1 Å². The van der Waals surface area contributed by atoms with Gasteiger partial charge in [-0.25, -0.2) is 0 Å². The summed E-state index contributed by atoms with van der Waals surface area (Å²) in [4.78, 5) is 14.0. The largest absolute Gasteiger partial charge is 0.468 e. The zero-order chi connectivity index (χ0) is 13.4. The standard InChI is InChI=1S/C13H28N2O2/c1-7-15(8-10(2)3)9-12(13(16)17-6)14-11(4)5/h10-12,14H,7-9H2,1-6H3. The highest BCUT2D eigenvalue weighted by atomic mass is 16.5. The van der Waals surface area contributed by atoms with Crippen LogP contribution in [0.15, 0.2) is 0 Å². The second-order valence-corrected chi connectivity index (χ2v) is 5.14. The first-order valence-corrected chi connectivity index (χ1v) is 6.46. The van der Waals surface area contributed by atoms with Crippen molar-refractivity contribution in [2.24, 2.45) is 5.92 Å². The molecule has 0 spiro atoms. The van der Waals surface area contributed by atoms with Gasteiger partial charge < -0.3 is 15.0 Å². The molecule has 4 heteroatoms. The molecule has 0 bridgehead atoms. The first kappa shape index (κ1) is 16.4. The van der Waals surface area contributed by atoms with E-state index in [0.29, 0.717) is 12.5 Å². The average Bonchev–Trinajstić information content (AvgIpc) is 2.24. The number of methoxy groups -OCH3 is 1. The number of hydrogen-bond acceptors (Lipinski definition) is 4. The summed E-state index contributed by atoms with van der Waals surface area (Å²) in [5.41, 5.74) is 0. The van der Waals surface area contributed by atoms with Gasteiger partial charge in [0.25, 0.3) is 0 Å². The minimum absolute atomic E-state index is 0.180. The van der Waals surface area contributed by atoms with E-state index in [1.165, 1.54) is 7.11 Å². The zero-order valence-electron chi connectivity index (χ0n) is 12.1. The molecule has 0 heterocycles. The van der Waals surface area contributed by atoms with Crippen molar-refractivity contribution in [3.05, 3.63) is 0 Å². The highest BCUT2D eigenvalue weighted by Crippen LogP contribution is 2.02. The lowest BCUT2D eigenvalue weighted by molar-refractivity contribution is -0.143. The quantitative estimate of drug-likeness (QED) is 0.657. The van der Waals surface area contributed by atoms with E-state index in [4.69, 9.17) is 4.74 Å². The van der Waals surface area contributed by atoms with Crippen molar-refractivity contribution in [3.63, 3.8) is 0 Å². The molecule has 0 aromatic carbocycles. The molecule has 0 aliphatic carbocycles. The SMILES string of the molecule is CCN(CC(C)C)CC(NC(C)C)C(=O)OC. The molecule has 0 saturated heterocycles. The van der Waals surface area contributed by atoms with Gasteiger partial charge in [-0.05, 0) is 12.5 Å². The molecule has 0 amide bonds. The fraction of sp³-hybridized carbons (Fsp3) is 0.923. The second-order valence-electron chi connectivity index (χ2n) is 5.14. The molecule has 0 saturated carbocycles. The molecule has 0 rings (SSSR count). The van der Waals surface area contributed by atoms with E-state index < -0.39 is 0 Å². The van der Waals surface area contributed by atoms with Crippen molar-refractivity contribution in [2.75, 3.05) is 26.7 Å². The smallest absolute Gasteiger partial charge is 0.324 e. The maximum absolute atomic E-state index is 11.7. The summed E-state index contributed by atoms with van der Waals surface area (Å²) in [6.07, 6.45) is 0. The predicted octanol–water partition coefficient (Wildman–Crippen LogP) is 1.50. The fourth-order valence-electron chi connectivity index (χ4n) is 1.85. The Hall–Kier alpha value is -0.610. The summed E-state index contributed by atoms with van der Waals surface area (Å²) < 4.78 is 4.84. The summed E-state index contributed by atoms with van der Waals surface area (Å²) in [6, 6.07) is 0.0376. The Labute approximate surface area is 106 Å². The van der Waals surface area contributed by atoms with Crippen molar-refractivity contribution in [3.8, 4) is 0 Å². The van der Waals surface area contributed by atoms with Crippen molar-refractivity contribution in [2.45, 2.75) is 46.7 Å². The molecule has 1 N–H and O–H groups in total. The average molecular weight is 244 g/mol. The number of rotatable bonds is 8. The normalized spacial score (nSPS) is 13.5. The van der Waals surface area contributed by atoms with Crippen LogP contribution in [0.5, 0.6) is 0 Å². The Balaban J connectivity index is 4.42. The van der Waals surface area contributed by atoms with Crippen LogP contribution in [0.3, 0.4) is 0 Å². The highest BCUT2D eigenvalue weighted by Gasteiger charge is 2.22. The van der Waals surface area contributed by atoms with Crippen LogP contribution >= 0.6 is 0 Å². The van der Waals surface area contributed by atoms with Crippen LogP contribution in [0.1, 0.15) is 34.6 Å². The number of likely N-dealkylation sites (N-methyl/N-ethyl adjacent to an activating group) is 1. The summed E-state index contributed by atoms with van der Waals surface area (Å²) in [5, 5.41) is 3.25. The number of carbonyl (C=O) groups excluding carboxylic acids is 1. The molecule has 0 aromatic heterocycles. The van der Waals surface area contributed by atoms with Crippen LogP contribution in [-0.2, 0) is 9.53 Å². The molecule has 0 aliphatic heterocycles. The van der Waals surface area contributed by atoms with Gasteiger partial charge in [0.15, 0.2) is 0 Å². The van der Waals surface area contributed by atoms with E-state index in [1.807, 2.05) is 13.8 Å². The molecule has 1 unspecified atom stereocenters. The van der Waals surface area contributed by atoms with Crippen molar-refractivity contribution >= 4 is 5.97 Å². The predicted molar refractivity (Wildman–Crippen MR) is 71.0 cm³/mol. The summed E-state index contributed by atoms with van der Waals surface area (Å²) in [5.74, 6) is 0.424. The fourth-order valence-corrected chi connectivity index (χ4v) is 1.85. The first-order chi connectivity index (χ1) is 7.90. The molecule has 0 aromatic rings. The van der Waals surface area contributed by atoms with E-state index in [9.17, 15) is 4.79 Å². The van der Waals surface area contributed by atoms with Gasteiger partial charge >= 0.3 is 5.97 Å². The monoisotopic (exact) mass is 244 g/mol. The van der Waals surface area contributed by atoms with Crippen molar-refractivity contribution in [1.29, 1.82) is 0 Å². The lowest BCUT2D eigenvalue weighted by Gasteiger charge is -2.28. The number of hydrogen-bond donors (Lipinski definition) is 1. The van der Waals surface area contributed by atoms with E-state index in [0.717, 1.165) is 13.1 Å². The highest BCUT2D eigenvalue weighted by molar-refractivity contribution is 5.75. The maximum Gasteiger partial charge on any atom is 0.324 e. The van der Waals surface area contributed by atoms with Crippen LogP contribution in [-0.4, -0.2) is 49.7 Å². The lowest BCUT2D eigenvalue weighted by atomic mass is 10.1. The molecule has 1 atom stereocenters. The number of nitrogens with one attached hydrogen (secondary N) is 1. The van der Waals surface area contributed by atoms with Gasteiger partial charge in [0.2, 0.25) is 0 Å². The van der Waals surface area contributed by atoms with E-state index in [1.54, 1.807) is 0 Å². The van der Waals surface area contributed by atoms with Gasteiger partial charge in [0.05, 0.1) is 7.11 Å². The van der Waals surface area contributed by atoms with Crippen LogP contribution in [0.25, 0.3) is 0 Å². The third kappa shape index (κ3) is 7.34. The van der Waals surface area contributed by atoms with Crippen molar-refractivity contribution in [1.82, 2.24) is 10.2 Å². The first-order valence-electron chi connectivity index (χ1n) is 6.46. The Kier molecular flexibility index (Phi) is 8.17. The van der Waals surface area contributed by atoms with Crippen LogP contribution < -0.4 is 5.32 Å². The third-order valence-electron chi connectivity index (χ3n) is 2.53. The Morgan fingerprint density at radius 3 is 2.18 bits per heavy atom. The summed E-state index contributed by atoms with van der Waals surface area (Å²) in [6.45, 7) is 13.2. The summed E-state index contributed by atoms with van der Waals surface area (Å²) >= 11 is 0. The number of carbonyl (C=O) groups is 1. The molecule has 17 heavy (non-hydrogen) atoms. The van der Waals surface area contributed by atoms with Crippen LogP contribution in [0, 0.1) is 5.92 Å².